The molecular formula is C20H25N9O. The highest BCUT2D eigenvalue weighted by Crippen LogP contribution is 2.42. The molecule has 1 atom stereocenters. The van der Waals surface area contributed by atoms with Gasteiger partial charge in [0.15, 0.2) is 11.6 Å². The molecule has 0 saturated heterocycles. The normalized spacial score (nSPS) is 18.4. The largest absolute Gasteiger partial charge is 0.345 e. The topological polar surface area (TPSA) is 97.9 Å². The third-order valence-corrected chi connectivity index (χ3v) is 5.99. The Morgan fingerprint density at radius 3 is 2.77 bits per heavy atom. The van der Waals surface area contributed by atoms with Gasteiger partial charge in [-0.25, -0.2) is 9.67 Å². The van der Waals surface area contributed by atoms with Crippen LogP contribution in [0.4, 0.5) is 5.82 Å². The third kappa shape index (κ3) is 2.86. The van der Waals surface area contributed by atoms with Crippen LogP contribution in [0.1, 0.15) is 61.3 Å². The summed E-state index contributed by atoms with van der Waals surface area (Å²) in [6, 6.07) is 0.541. The van der Waals surface area contributed by atoms with Gasteiger partial charge in [0, 0.05) is 26.3 Å². The molecule has 0 N–H and O–H groups in total. The van der Waals surface area contributed by atoms with Crippen molar-refractivity contribution in [3.05, 3.63) is 36.3 Å². The average molecular weight is 407 g/mol. The molecule has 4 heterocycles. The minimum Gasteiger partial charge on any atom is -0.345 e. The maximum atomic E-state index is 12.2. The van der Waals surface area contributed by atoms with Gasteiger partial charge in [0.05, 0.1) is 24.0 Å². The summed E-state index contributed by atoms with van der Waals surface area (Å²) >= 11 is 0. The summed E-state index contributed by atoms with van der Waals surface area (Å²) in [5.74, 6) is 2.15. The van der Waals surface area contributed by atoms with Crippen molar-refractivity contribution < 1.29 is 4.79 Å². The number of anilines is 1. The average Bonchev–Trinajstić information content (AvgIpc) is 3.52. The highest BCUT2D eigenvalue weighted by Gasteiger charge is 2.38. The summed E-state index contributed by atoms with van der Waals surface area (Å²) in [6.07, 6.45) is 12.4. The van der Waals surface area contributed by atoms with Gasteiger partial charge in [0.25, 0.3) is 11.9 Å². The molecule has 1 aliphatic heterocycles. The quantitative estimate of drug-likeness (QED) is 0.654. The molecule has 0 radical (unpaired) electrons. The van der Waals surface area contributed by atoms with Gasteiger partial charge in [-0.2, -0.15) is 10.1 Å². The lowest BCUT2D eigenvalue weighted by Gasteiger charge is -2.40. The number of hydrogen-bond donors (Lipinski definition) is 0. The minimum absolute atomic E-state index is 0.105. The van der Waals surface area contributed by atoms with E-state index < -0.39 is 0 Å². The predicted molar refractivity (Wildman–Crippen MR) is 110 cm³/mol. The van der Waals surface area contributed by atoms with Gasteiger partial charge in [0.1, 0.15) is 12.0 Å². The number of rotatable bonds is 4. The molecule has 1 saturated carbocycles. The third-order valence-electron chi connectivity index (χ3n) is 5.99. The number of carbonyl (C=O) groups is 1. The molecular weight excluding hydrogens is 382 g/mol. The molecule has 2 aliphatic rings. The number of carbonyl (C=O) groups excluding carboxylic acids is 1. The number of fused-ring (bicyclic) bond motifs is 3. The van der Waals surface area contributed by atoms with Gasteiger partial charge in [-0.3, -0.25) is 9.36 Å². The Morgan fingerprint density at radius 1 is 1.23 bits per heavy atom. The van der Waals surface area contributed by atoms with Crippen molar-refractivity contribution in [1.82, 2.24) is 39.4 Å². The van der Waals surface area contributed by atoms with Crippen molar-refractivity contribution in [2.75, 3.05) is 19.0 Å². The number of amides is 1. The van der Waals surface area contributed by atoms with Gasteiger partial charge in [0.2, 0.25) is 0 Å². The Kier molecular flexibility index (Phi) is 4.48. The van der Waals surface area contributed by atoms with Crippen LogP contribution in [0, 0.1) is 0 Å². The minimum atomic E-state index is -0.105. The molecule has 3 aromatic heterocycles. The van der Waals surface area contributed by atoms with E-state index in [1.54, 1.807) is 43.7 Å². The SMILES string of the molecule is CCC1c2nncn2-c2cnc(-n3cc(C(=O)N(C)C)cn3)nc2N1C1CCCC1. The summed E-state index contributed by atoms with van der Waals surface area (Å²) in [7, 11) is 3.44. The van der Waals surface area contributed by atoms with Gasteiger partial charge < -0.3 is 9.80 Å². The van der Waals surface area contributed by atoms with Crippen LogP contribution in [0.3, 0.4) is 0 Å². The maximum absolute atomic E-state index is 12.2. The van der Waals surface area contributed by atoms with Crippen LogP contribution in [0.2, 0.25) is 0 Å². The Balaban J connectivity index is 1.61. The van der Waals surface area contributed by atoms with E-state index in [1.165, 1.54) is 17.7 Å². The molecule has 3 aromatic rings. The van der Waals surface area contributed by atoms with E-state index in [-0.39, 0.29) is 11.9 Å². The molecule has 1 unspecified atom stereocenters. The smallest absolute Gasteiger partial charge is 0.256 e. The summed E-state index contributed by atoms with van der Waals surface area (Å²) in [5.41, 5.74) is 1.38. The summed E-state index contributed by atoms with van der Waals surface area (Å²) in [4.78, 5) is 25.6. The molecule has 5 rings (SSSR count). The first-order chi connectivity index (χ1) is 14.6. The van der Waals surface area contributed by atoms with Crippen molar-refractivity contribution in [2.24, 2.45) is 0 Å². The summed E-state index contributed by atoms with van der Waals surface area (Å²) in [6.45, 7) is 2.17. The Morgan fingerprint density at radius 2 is 2.03 bits per heavy atom. The molecule has 30 heavy (non-hydrogen) atoms. The molecule has 0 aromatic carbocycles. The highest BCUT2D eigenvalue weighted by molar-refractivity contribution is 5.93. The van der Waals surface area contributed by atoms with Crippen LogP contribution < -0.4 is 4.90 Å². The zero-order valence-corrected chi connectivity index (χ0v) is 17.4. The van der Waals surface area contributed by atoms with Crippen LogP contribution in [0.5, 0.6) is 0 Å². The Labute approximate surface area is 174 Å². The monoisotopic (exact) mass is 407 g/mol. The number of hydrogen-bond acceptors (Lipinski definition) is 7. The number of nitrogens with zero attached hydrogens (tertiary/aromatic N) is 9. The highest BCUT2D eigenvalue weighted by atomic mass is 16.2. The number of aromatic nitrogens is 7. The molecule has 10 nitrogen and oxygen atoms in total. The van der Waals surface area contributed by atoms with Gasteiger partial charge in [-0.15, -0.1) is 10.2 Å². The molecule has 10 heteroatoms. The fourth-order valence-electron chi connectivity index (χ4n) is 4.55. The molecule has 156 valence electrons. The second-order valence-corrected chi connectivity index (χ2v) is 8.08. The van der Waals surface area contributed by atoms with Gasteiger partial charge >= 0.3 is 0 Å². The Hall–Kier alpha value is -3.30. The van der Waals surface area contributed by atoms with Crippen molar-refractivity contribution in [3.63, 3.8) is 0 Å². The molecule has 1 aliphatic carbocycles. The van der Waals surface area contributed by atoms with Crippen LogP contribution in [-0.4, -0.2) is 65.5 Å². The van der Waals surface area contributed by atoms with E-state index in [2.05, 4.69) is 32.1 Å². The molecule has 0 bridgehead atoms. The first-order valence-electron chi connectivity index (χ1n) is 10.4. The Bertz CT molecular complexity index is 1080. The lowest BCUT2D eigenvalue weighted by Crippen LogP contribution is -2.42. The fourth-order valence-corrected chi connectivity index (χ4v) is 4.55. The van der Waals surface area contributed by atoms with E-state index in [0.717, 1.165) is 36.6 Å². The summed E-state index contributed by atoms with van der Waals surface area (Å²) < 4.78 is 3.55. The lowest BCUT2D eigenvalue weighted by atomic mass is 10.0. The van der Waals surface area contributed by atoms with Crippen LogP contribution in [-0.2, 0) is 0 Å². The molecule has 1 amide bonds. The summed E-state index contributed by atoms with van der Waals surface area (Å²) in [5, 5.41) is 12.9. The predicted octanol–water partition coefficient (Wildman–Crippen LogP) is 2.16. The zero-order valence-electron chi connectivity index (χ0n) is 17.4. The van der Waals surface area contributed by atoms with Crippen molar-refractivity contribution >= 4 is 11.7 Å². The zero-order chi connectivity index (χ0) is 20.8. The van der Waals surface area contributed by atoms with Gasteiger partial charge in [-0.1, -0.05) is 19.8 Å². The van der Waals surface area contributed by atoms with Crippen LogP contribution in [0.15, 0.2) is 24.9 Å². The first kappa shape index (κ1) is 18.7. The second-order valence-electron chi connectivity index (χ2n) is 8.08. The van der Waals surface area contributed by atoms with E-state index in [9.17, 15) is 4.79 Å². The maximum Gasteiger partial charge on any atom is 0.256 e. The first-order valence-corrected chi connectivity index (χ1v) is 10.4. The second kappa shape index (κ2) is 7.19. The van der Waals surface area contributed by atoms with E-state index in [0.29, 0.717) is 17.6 Å². The van der Waals surface area contributed by atoms with Crippen LogP contribution >= 0.6 is 0 Å². The van der Waals surface area contributed by atoms with Crippen molar-refractivity contribution in [3.8, 4) is 11.6 Å². The standard InChI is InChI=1S/C20H25N9O/c1-4-15-18-25-22-12-27(18)16-10-21-20(24-17(16)29(15)14-7-5-6-8-14)28-11-13(9-23-28)19(30)26(2)3/h9-12,14-15H,4-8H2,1-3H3. The van der Waals surface area contributed by atoms with E-state index in [4.69, 9.17) is 4.98 Å². The van der Waals surface area contributed by atoms with Gasteiger partial charge in [-0.05, 0) is 19.3 Å². The van der Waals surface area contributed by atoms with E-state index in [1.807, 2.05) is 4.57 Å². The van der Waals surface area contributed by atoms with Crippen LogP contribution in [0.25, 0.3) is 11.6 Å². The fraction of sp³-hybridized carbons (Fsp3) is 0.500. The lowest BCUT2D eigenvalue weighted by molar-refractivity contribution is 0.0827. The van der Waals surface area contributed by atoms with Crippen molar-refractivity contribution in [1.29, 1.82) is 0 Å². The van der Waals surface area contributed by atoms with E-state index >= 15 is 0 Å². The molecule has 1 fully saturated rings. The van der Waals surface area contributed by atoms with Crippen molar-refractivity contribution in [2.45, 2.75) is 51.1 Å². The molecule has 0 spiro atoms.